The Morgan fingerprint density at radius 3 is 2.81 bits per heavy atom. The van der Waals surface area contributed by atoms with Gasteiger partial charge in [-0.1, -0.05) is 6.07 Å². The summed E-state index contributed by atoms with van der Waals surface area (Å²) in [4.78, 5) is 13.1. The zero-order valence-electron chi connectivity index (χ0n) is 16.6. The zero-order valence-corrected chi connectivity index (χ0v) is 19.1. The fourth-order valence-corrected chi connectivity index (χ4v) is 7.01. The van der Waals surface area contributed by atoms with Crippen molar-refractivity contribution in [2.24, 2.45) is 0 Å². The Balaban J connectivity index is 1.42. The van der Waals surface area contributed by atoms with Gasteiger partial charge in [0.1, 0.15) is 22.1 Å². The maximum atomic E-state index is 13.0. The first-order valence-electron chi connectivity index (χ1n) is 9.71. The van der Waals surface area contributed by atoms with Gasteiger partial charge in [-0.05, 0) is 29.6 Å². The Labute approximate surface area is 189 Å². The van der Waals surface area contributed by atoms with E-state index < -0.39 is 15.9 Å². The van der Waals surface area contributed by atoms with Gasteiger partial charge in [-0.15, -0.1) is 11.3 Å². The number of ether oxygens (including phenoxy) is 1. The van der Waals surface area contributed by atoms with E-state index in [0.29, 0.717) is 37.7 Å². The van der Waals surface area contributed by atoms with E-state index in [1.807, 2.05) is 12.3 Å². The highest BCUT2D eigenvalue weighted by Gasteiger charge is 2.31. The summed E-state index contributed by atoms with van der Waals surface area (Å²) in [5.41, 5.74) is 0.535. The predicted molar refractivity (Wildman–Crippen MR) is 123 cm³/mol. The first kappa shape index (κ1) is 21.9. The summed E-state index contributed by atoms with van der Waals surface area (Å²) >= 11 is 2.85. The number of nitrogens with zero attached hydrogens (tertiary/aromatic N) is 3. The van der Waals surface area contributed by atoms with Crippen LogP contribution in [-0.4, -0.2) is 59.6 Å². The normalized spacial score (nSPS) is 15.0. The quantitative estimate of drug-likeness (QED) is 0.535. The Morgan fingerprint density at radius 1 is 1.19 bits per heavy atom. The van der Waals surface area contributed by atoms with Gasteiger partial charge in [-0.25, -0.2) is 8.42 Å². The van der Waals surface area contributed by atoms with Gasteiger partial charge in [0.05, 0.1) is 6.54 Å². The molecule has 1 saturated heterocycles. The van der Waals surface area contributed by atoms with Crippen LogP contribution in [0.2, 0.25) is 0 Å². The fraction of sp³-hybridized carbons (Fsp3) is 0.300. The second kappa shape index (κ2) is 9.86. The molecule has 1 N–H and O–H groups in total. The van der Waals surface area contributed by atoms with Gasteiger partial charge in [0.2, 0.25) is 10.0 Å². The summed E-state index contributed by atoms with van der Waals surface area (Å²) in [6.45, 7) is 1.96. The summed E-state index contributed by atoms with van der Waals surface area (Å²) in [7, 11) is -3.69. The number of aromatic nitrogens is 2. The molecule has 2 aromatic heterocycles. The number of benzene rings is 1. The monoisotopic (exact) mass is 478 g/mol. The number of thiophene rings is 1. The molecule has 164 valence electrons. The molecule has 1 aromatic carbocycles. The van der Waals surface area contributed by atoms with Crippen LogP contribution in [0.3, 0.4) is 0 Å². The van der Waals surface area contributed by atoms with E-state index in [0.717, 1.165) is 22.8 Å². The van der Waals surface area contributed by atoms with E-state index in [1.165, 1.54) is 10.4 Å². The van der Waals surface area contributed by atoms with Crippen molar-refractivity contribution < 1.29 is 17.9 Å². The number of sulfonamides is 1. The molecule has 0 radical (unpaired) electrons. The molecule has 0 aliphatic carbocycles. The smallest absolute Gasteiger partial charge is 0.267 e. The molecule has 0 unspecified atom stereocenters. The molecular weight excluding hydrogens is 456 g/mol. The molecule has 3 aromatic rings. The standard InChI is InChI=1S/C20H22N4O4S3/c25-20(19-18(5-12-30-19)31(26,27)24-9-13-29-14-10-24)22-16-3-1-4-17(15-16)28-11-8-23-7-2-6-21-23/h1-7,12,15H,8-11,13-14H2,(H,22,25). The maximum absolute atomic E-state index is 13.0. The van der Waals surface area contributed by atoms with Crippen molar-refractivity contribution in [2.75, 3.05) is 36.5 Å². The average Bonchev–Trinajstić information content (AvgIpc) is 3.47. The van der Waals surface area contributed by atoms with Crippen molar-refractivity contribution in [2.45, 2.75) is 11.4 Å². The van der Waals surface area contributed by atoms with E-state index in [9.17, 15) is 13.2 Å². The lowest BCUT2D eigenvalue weighted by Crippen LogP contribution is -2.38. The number of carbonyl (C=O) groups is 1. The molecule has 31 heavy (non-hydrogen) atoms. The van der Waals surface area contributed by atoms with Gasteiger partial charge in [0.25, 0.3) is 5.91 Å². The highest BCUT2D eigenvalue weighted by molar-refractivity contribution is 7.99. The fourth-order valence-electron chi connectivity index (χ4n) is 3.13. The Hall–Kier alpha value is -2.34. The third-order valence-electron chi connectivity index (χ3n) is 4.66. The third-order valence-corrected chi connectivity index (χ3v) is 8.59. The first-order valence-corrected chi connectivity index (χ1v) is 13.2. The molecule has 0 spiro atoms. The number of amides is 1. The van der Waals surface area contributed by atoms with Crippen LogP contribution in [0.25, 0.3) is 0 Å². The summed E-state index contributed by atoms with van der Waals surface area (Å²) in [5.74, 6) is 1.68. The van der Waals surface area contributed by atoms with Gasteiger partial charge in [-0.2, -0.15) is 21.2 Å². The number of anilines is 1. The van der Waals surface area contributed by atoms with Crippen LogP contribution in [0.1, 0.15) is 9.67 Å². The second-order valence-corrected chi connectivity index (χ2v) is 10.8. The summed E-state index contributed by atoms with van der Waals surface area (Å²) < 4.78 is 35.0. The van der Waals surface area contributed by atoms with Crippen molar-refractivity contribution in [1.29, 1.82) is 0 Å². The molecular formula is C20H22N4O4S3. The Morgan fingerprint density at radius 2 is 2.03 bits per heavy atom. The van der Waals surface area contributed by atoms with Crippen molar-refractivity contribution >= 4 is 44.7 Å². The molecule has 1 aliphatic rings. The highest BCUT2D eigenvalue weighted by atomic mass is 32.2. The van der Waals surface area contributed by atoms with Crippen LogP contribution >= 0.6 is 23.1 Å². The molecule has 1 aliphatic heterocycles. The molecule has 11 heteroatoms. The Bertz CT molecular complexity index is 1120. The van der Waals surface area contributed by atoms with E-state index in [-0.39, 0.29) is 9.77 Å². The molecule has 1 fully saturated rings. The van der Waals surface area contributed by atoms with Crippen LogP contribution < -0.4 is 10.1 Å². The second-order valence-electron chi connectivity index (χ2n) is 6.73. The molecule has 0 bridgehead atoms. The number of nitrogens with one attached hydrogen (secondary N) is 1. The minimum absolute atomic E-state index is 0.0635. The Kier molecular flexibility index (Phi) is 6.96. The van der Waals surface area contributed by atoms with Gasteiger partial charge in [-0.3, -0.25) is 9.48 Å². The van der Waals surface area contributed by atoms with Gasteiger partial charge in [0, 0.05) is 48.7 Å². The molecule has 0 saturated carbocycles. The van der Waals surface area contributed by atoms with Crippen molar-refractivity contribution in [3.63, 3.8) is 0 Å². The summed E-state index contributed by atoms with van der Waals surface area (Å²) in [6.07, 6.45) is 3.56. The topological polar surface area (TPSA) is 93.5 Å². The van der Waals surface area contributed by atoms with Crippen LogP contribution in [0, 0.1) is 0 Å². The lowest BCUT2D eigenvalue weighted by molar-refractivity contribution is 0.102. The SMILES string of the molecule is O=C(Nc1cccc(OCCn2cccn2)c1)c1sccc1S(=O)(=O)N1CCSCC1. The molecule has 1 amide bonds. The van der Waals surface area contributed by atoms with Crippen LogP contribution in [-0.2, 0) is 16.6 Å². The highest BCUT2D eigenvalue weighted by Crippen LogP contribution is 2.28. The van der Waals surface area contributed by atoms with E-state index in [2.05, 4.69) is 10.4 Å². The number of rotatable bonds is 8. The van der Waals surface area contributed by atoms with E-state index >= 15 is 0 Å². The first-order chi connectivity index (χ1) is 15.0. The number of thioether (sulfide) groups is 1. The average molecular weight is 479 g/mol. The van der Waals surface area contributed by atoms with Crippen LogP contribution in [0.15, 0.2) is 59.1 Å². The van der Waals surface area contributed by atoms with Gasteiger partial charge < -0.3 is 10.1 Å². The molecule has 4 rings (SSSR count). The van der Waals surface area contributed by atoms with Crippen LogP contribution in [0.4, 0.5) is 5.69 Å². The summed E-state index contributed by atoms with van der Waals surface area (Å²) in [5, 5.41) is 8.55. The predicted octanol–water partition coefficient (Wildman–Crippen LogP) is 3.01. The lowest BCUT2D eigenvalue weighted by Gasteiger charge is -2.25. The molecule has 0 atom stereocenters. The number of hydrogen-bond donors (Lipinski definition) is 1. The van der Waals surface area contributed by atoms with Gasteiger partial charge in [0.15, 0.2) is 0 Å². The number of carbonyl (C=O) groups excluding carboxylic acids is 1. The molecule has 3 heterocycles. The maximum Gasteiger partial charge on any atom is 0.267 e. The van der Waals surface area contributed by atoms with E-state index in [1.54, 1.807) is 52.3 Å². The largest absolute Gasteiger partial charge is 0.492 e. The zero-order chi connectivity index (χ0) is 21.7. The van der Waals surface area contributed by atoms with Gasteiger partial charge >= 0.3 is 0 Å². The van der Waals surface area contributed by atoms with Crippen molar-refractivity contribution in [3.05, 3.63) is 59.0 Å². The van der Waals surface area contributed by atoms with Crippen molar-refractivity contribution in [3.8, 4) is 5.75 Å². The third kappa shape index (κ3) is 5.29. The number of hydrogen-bond acceptors (Lipinski definition) is 7. The minimum Gasteiger partial charge on any atom is -0.492 e. The van der Waals surface area contributed by atoms with E-state index in [4.69, 9.17) is 4.74 Å². The van der Waals surface area contributed by atoms with Crippen molar-refractivity contribution in [1.82, 2.24) is 14.1 Å². The summed E-state index contributed by atoms with van der Waals surface area (Å²) in [6, 6.07) is 10.4. The molecule has 8 nitrogen and oxygen atoms in total. The lowest BCUT2D eigenvalue weighted by atomic mass is 10.3. The minimum atomic E-state index is -3.69. The van der Waals surface area contributed by atoms with Crippen LogP contribution in [0.5, 0.6) is 5.75 Å².